The molecule has 0 fully saturated rings. The molecular weight excluding hydrogens is 410 g/mol. The van der Waals surface area contributed by atoms with Gasteiger partial charge in [0.05, 0.1) is 5.75 Å². The number of hydrogen-bond acceptors (Lipinski definition) is 4. The van der Waals surface area contributed by atoms with E-state index in [1.54, 1.807) is 48.5 Å². The van der Waals surface area contributed by atoms with Crippen LogP contribution in [-0.2, 0) is 9.59 Å². The van der Waals surface area contributed by atoms with Crippen molar-refractivity contribution in [1.82, 2.24) is 5.32 Å². The van der Waals surface area contributed by atoms with Gasteiger partial charge >= 0.3 is 0 Å². The molecule has 3 aromatic rings. The molecule has 0 radical (unpaired) electrons. The van der Waals surface area contributed by atoms with Crippen LogP contribution in [0.5, 0.6) is 0 Å². The Morgan fingerprint density at radius 3 is 2.23 bits per heavy atom. The maximum atomic E-state index is 13.0. The maximum absolute atomic E-state index is 13.0. The first-order valence-electron chi connectivity index (χ1n) is 9.47. The lowest BCUT2D eigenvalue weighted by atomic mass is 10.1. The second-order valence-electron chi connectivity index (χ2n) is 6.53. The lowest BCUT2D eigenvalue weighted by molar-refractivity contribution is -0.115. The van der Waals surface area contributed by atoms with Gasteiger partial charge in [-0.15, -0.1) is 11.8 Å². The van der Waals surface area contributed by atoms with Crippen molar-refractivity contribution in [3.8, 4) is 0 Å². The predicted octanol–water partition coefficient (Wildman–Crippen LogP) is 3.67. The van der Waals surface area contributed by atoms with Crippen molar-refractivity contribution in [2.24, 2.45) is 5.73 Å². The summed E-state index contributed by atoms with van der Waals surface area (Å²) in [6, 6.07) is 25.0. The van der Waals surface area contributed by atoms with E-state index in [0.29, 0.717) is 11.3 Å². The quantitative estimate of drug-likeness (QED) is 0.374. The zero-order valence-electron chi connectivity index (χ0n) is 16.6. The number of rotatable bonds is 8. The first kappa shape index (κ1) is 21.9. The Bertz CT molecular complexity index is 1100. The van der Waals surface area contributed by atoms with Crippen molar-refractivity contribution in [3.63, 3.8) is 0 Å². The molecule has 0 aromatic heterocycles. The minimum Gasteiger partial charge on any atom is -0.369 e. The van der Waals surface area contributed by atoms with Crippen LogP contribution >= 0.6 is 11.8 Å². The van der Waals surface area contributed by atoms with E-state index in [0.717, 1.165) is 10.5 Å². The van der Waals surface area contributed by atoms with E-state index in [-0.39, 0.29) is 17.4 Å². The SMILES string of the molecule is NC(=O)CSc1cccc(NC(=O)/C(=C\c2ccccc2)NC(=O)c2ccccc2)c1. The van der Waals surface area contributed by atoms with Gasteiger partial charge in [0.2, 0.25) is 5.91 Å². The van der Waals surface area contributed by atoms with Crippen LogP contribution in [0.2, 0.25) is 0 Å². The lowest BCUT2D eigenvalue weighted by Gasteiger charge is -2.12. The highest BCUT2D eigenvalue weighted by Gasteiger charge is 2.15. The molecule has 6 nitrogen and oxygen atoms in total. The third kappa shape index (κ3) is 6.87. The second-order valence-corrected chi connectivity index (χ2v) is 7.57. The summed E-state index contributed by atoms with van der Waals surface area (Å²) in [5, 5.41) is 5.50. The van der Waals surface area contributed by atoms with Gasteiger partial charge in [0.1, 0.15) is 5.70 Å². The maximum Gasteiger partial charge on any atom is 0.272 e. The van der Waals surface area contributed by atoms with E-state index in [4.69, 9.17) is 5.73 Å². The van der Waals surface area contributed by atoms with Crippen LogP contribution in [0, 0.1) is 0 Å². The molecule has 3 rings (SSSR count). The third-order valence-electron chi connectivity index (χ3n) is 4.11. The summed E-state index contributed by atoms with van der Waals surface area (Å²) in [4.78, 5) is 37.4. The van der Waals surface area contributed by atoms with E-state index in [1.165, 1.54) is 11.8 Å². The summed E-state index contributed by atoms with van der Waals surface area (Å²) in [7, 11) is 0. The molecule has 0 saturated heterocycles. The van der Waals surface area contributed by atoms with Gasteiger partial charge < -0.3 is 16.4 Å². The normalized spacial score (nSPS) is 10.9. The molecule has 0 saturated carbocycles. The van der Waals surface area contributed by atoms with Crippen LogP contribution in [0.15, 0.2) is 95.5 Å². The van der Waals surface area contributed by atoms with Crippen LogP contribution in [0.25, 0.3) is 6.08 Å². The first-order chi connectivity index (χ1) is 15.0. The van der Waals surface area contributed by atoms with Gasteiger partial charge in [0, 0.05) is 16.1 Å². The van der Waals surface area contributed by atoms with Gasteiger partial charge in [-0.05, 0) is 42.0 Å². The smallest absolute Gasteiger partial charge is 0.272 e. The Morgan fingerprint density at radius 1 is 0.871 bits per heavy atom. The lowest BCUT2D eigenvalue weighted by Crippen LogP contribution is -2.30. The molecule has 0 aliphatic carbocycles. The minimum atomic E-state index is -0.467. The molecular formula is C24H21N3O3S. The number of benzene rings is 3. The standard InChI is InChI=1S/C24H21N3O3S/c25-22(28)16-31-20-13-7-12-19(15-20)26-24(30)21(14-17-8-3-1-4-9-17)27-23(29)18-10-5-2-6-11-18/h1-15H,16H2,(H2,25,28)(H,26,30)(H,27,29)/b21-14+. The van der Waals surface area contributed by atoms with Crippen LogP contribution in [-0.4, -0.2) is 23.5 Å². The molecule has 156 valence electrons. The number of anilines is 1. The summed E-state index contributed by atoms with van der Waals surface area (Å²) in [6.45, 7) is 0. The highest BCUT2D eigenvalue weighted by Crippen LogP contribution is 2.21. The molecule has 0 aliphatic heterocycles. The van der Waals surface area contributed by atoms with Crippen molar-refractivity contribution in [1.29, 1.82) is 0 Å². The summed E-state index contributed by atoms with van der Waals surface area (Å²) in [5.41, 5.74) is 7.04. The van der Waals surface area contributed by atoms with Gasteiger partial charge in [-0.2, -0.15) is 0 Å². The van der Waals surface area contributed by atoms with Crippen molar-refractivity contribution < 1.29 is 14.4 Å². The topological polar surface area (TPSA) is 101 Å². The molecule has 0 spiro atoms. The van der Waals surface area contributed by atoms with E-state index in [2.05, 4.69) is 10.6 Å². The zero-order chi connectivity index (χ0) is 22.1. The summed E-state index contributed by atoms with van der Waals surface area (Å²) < 4.78 is 0. The van der Waals surface area contributed by atoms with Crippen LogP contribution in [0.1, 0.15) is 15.9 Å². The van der Waals surface area contributed by atoms with Crippen molar-refractivity contribution >= 4 is 41.2 Å². The average Bonchev–Trinajstić information content (AvgIpc) is 2.78. The number of nitrogens with two attached hydrogens (primary N) is 1. The molecule has 31 heavy (non-hydrogen) atoms. The summed E-state index contributed by atoms with van der Waals surface area (Å²) >= 11 is 1.28. The Kier molecular flexibility index (Phi) is 7.61. The fourth-order valence-corrected chi connectivity index (χ4v) is 3.37. The second kappa shape index (κ2) is 10.8. The Balaban J connectivity index is 1.81. The zero-order valence-corrected chi connectivity index (χ0v) is 17.4. The monoisotopic (exact) mass is 431 g/mol. The highest BCUT2D eigenvalue weighted by atomic mass is 32.2. The van der Waals surface area contributed by atoms with Gasteiger partial charge in [-0.3, -0.25) is 14.4 Å². The number of primary amides is 1. The van der Waals surface area contributed by atoms with E-state index in [9.17, 15) is 14.4 Å². The van der Waals surface area contributed by atoms with Gasteiger partial charge in [-0.1, -0.05) is 54.6 Å². The third-order valence-corrected chi connectivity index (χ3v) is 5.13. The molecule has 0 aliphatic rings. The minimum absolute atomic E-state index is 0.107. The summed E-state index contributed by atoms with van der Waals surface area (Å²) in [6.07, 6.45) is 1.61. The van der Waals surface area contributed by atoms with E-state index < -0.39 is 11.8 Å². The predicted molar refractivity (Wildman–Crippen MR) is 123 cm³/mol. The molecule has 4 N–H and O–H groups in total. The van der Waals surface area contributed by atoms with Gasteiger partial charge in [-0.25, -0.2) is 0 Å². The van der Waals surface area contributed by atoms with Crippen molar-refractivity contribution in [2.75, 3.05) is 11.1 Å². The largest absolute Gasteiger partial charge is 0.369 e. The number of thioether (sulfide) groups is 1. The molecule has 0 bridgehead atoms. The van der Waals surface area contributed by atoms with E-state index in [1.807, 2.05) is 42.5 Å². The Labute approximate surface area is 184 Å². The van der Waals surface area contributed by atoms with Gasteiger partial charge in [0.15, 0.2) is 0 Å². The molecule has 7 heteroatoms. The fourth-order valence-electron chi connectivity index (χ4n) is 2.67. The number of nitrogens with one attached hydrogen (secondary N) is 2. The number of hydrogen-bond donors (Lipinski definition) is 3. The molecule has 3 aromatic carbocycles. The number of carbonyl (C=O) groups is 3. The van der Waals surface area contributed by atoms with Crippen LogP contribution in [0.3, 0.4) is 0 Å². The average molecular weight is 432 g/mol. The number of amides is 3. The van der Waals surface area contributed by atoms with Crippen molar-refractivity contribution in [2.45, 2.75) is 4.90 Å². The van der Waals surface area contributed by atoms with Gasteiger partial charge in [0.25, 0.3) is 11.8 Å². The summed E-state index contributed by atoms with van der Waals surface area (Å²) in [5.74, 6) is -1.13. The molecule has 0 unspecified atom stereocenters. The van der Waals surface area contributed by atoms with Crippen molar-refractivity contribution in [3.05, 3.63) is 102 Å². The molecule has 0 heterocycles. The Hall–Kier alpha value is -3.84. The van der Waals surface area contributed by atoms with E-state index >= 15 is 0 Å². The first-order valence-corrected chi connectivity index (χ1v) is 10.5. The highest BCUT2D eigenvalue weighted by molar-refractivity contribution is 8.00. The Morgan fingerprint density at radius 2 is 1.55 bits per heavy atom. The molecule has 3 amide bonds. The number of carbonyl (C=O) groups excluding carboxylic acids is 3. The molecule has 0 atom stereocenters. The fraction of sp³-hybridized carbons (Fsp3) is 0.0417. The van der Waals surface area contributed by atoms with Crippen LogP contribution in [0.4, 0.5) is 5.69 Å². The van der Waals surface area contributed by atoms with Crippen LogP contribution < -0.4 is 16.4 Å².